The maximum Gasteiger partial charge on any atom is 0.231 e. The van der Waals surface area contributed by atoms with Gasteiger partial charge in [-0.3, -0.25) is 0 Å². The predicted molar refractivity (Wildman–Crippen MR) is 100 cm³/mol. The molecule has 132 valence electrons. The zero-order valence-corrected chi connectivity index (χ0v) is 15.4. The van der Waals surface area contributed by atoms with Gasteiger partial charge in [0.25, 0.3) is 0 Å². The van der Waals surface area contributed by atoms with Gasteiger partial charge >= 0.3 is 0 Å². The lowest BCUT2D eigenvalue weighted by atomic mass is 9.90. The fourth-order valence-corrected chi connectivity index (χ4v) is 3.83. The topological polar surface area (TPSA) is 27.7 Å². The maximum atomic E-state index is 6.43. The largest absolute Gasteiger partial charge is 0.483 e. The highest BCUT2D eigenvalue weighted by Gasteiger charge is 2.32. The van der Waals surface area contributed by atoms with Crippen LogP contribution in [0.15, 0.2) is 35.4 Å². The minimum absolute atomic E-state index is 0.274. The Morgan fingerprint density at radius 1 is 1.00 bits per heavy atom. The van der Waals surface area contributed by atoms with Crippen molar-refractivity contribution in [3.05, 3.63) is 46.6 Å². The van der Waals surface area contributed by atoms with E-state index in [9.17, 15) is 0 Å². The molecule has 0 spiro atoms. The summed E-state index contributed by atoms with van der Waals surface area (Å²) < 4.78 is 17.9. The Morgan fingerprint density at radius 2 is 1.84 bits per heavy atom. The van der Waals surface area contributed by atoms with Crippen molar-refractivity contribution in [1.82, 2.24) is 0 Å². The third-order valence-electron chi connectivity index (χ3n) is 5.33. The smallest absolute Gasteiger partial charge is 0.231 e. The molecule has 4 bridgehead atoms. The van der Waals surface area contributed by atoms with Gasteiger partial charge in [-0.25, -0.2) is 0 Å². The Hall–Kier alpha value is -2.16. The molecule has 3 aliphatic heterocycles. The summed E-state index contributed by atoms with van der Waals surface area (Å²) in [5, 5.41) is 0. The van der Waals surface area contributed by atoms with Crippen LogP contribution in [0.25, 0.3) is 6.08 Å². The minimum Gasteiger partial charge on any atom is -0.483 e. The number of rotatable bonds is 0. The van der Waals surface area contributed by atoms with Crippen molar-refractivity contribution in [1.29, 1.82) is 0 Å². The molecule has 25 heavy (non-hydrogen) atoms. The number of benzene rings is 1. The molecular weight excluding hydrogens is 312 g/mol. The molecule has 1 atom stereocenters. The quantitative estimate of drug-likeness (QED) is 0.577. The van der Waals surface area contributed by atoms with E-state index in [-0.39, 0.29) is 12.4 Å². The lowest BCUT2D eigenvalue weighted by Crippen LogP contribution is -2.32. The summed E-state index contributed by atoms with van der Waals surface area (Å²) in [6, 6.07) is 1.99. The van der Waals surface area contributed by atoms with Crippen LogP contribution in [0.4, 0.5) is 0 Å². The second-order valence-corrected chi connectivity index (χ2v) is 7.60. The number of allylic oxidation sites excluding steroid dienone is 4. The number of ether oxygens (including phenoxy) is 3. The fourth-order valence-electron chi connectivity index (χ4n) is 3.83. The van der Waals surface area contributed by atoms with Gasteiger partial charge in [-0.2, -0.15) is 0 Å². The van der Waals surface area contributed by atoms with E-state index in [0.29, 0.717) is 0 Å². The summed E-state index contributed by atoms with van der Waals surface area (Å²) in [6.45, 7) is 6.88. The van der Waals surface area contributed by atoms with E-state index in [2.05, 4.69) is 45.1 Å². The summed E-state index contributed by atoms with van der Waals surface area (Å²) >= 11 is 0. The second kappa shape index (κ2) is 6.29. The summed E-state index contributed by atoms with van der Waals surface area (Å²) in [6.07, 6.45) is 14.2. The first-order valence-electron chi connectivity index (χ1n) is 9.19. The molecule has 1 aromatic rings. The van der Waals surface area contributed by atoms with Crippen LogP contribution in [0, 0.1) is 0 Å². The van der Waals surface area contributed by atoms with Gasteiger partial charge in [0.2, 0.25) is 6.79 Å². The summed E-state index contributed by atoms with van der Waals surface area (Å²) in [4.78, 5) is 0. The van der Waals surface area contributed by atoms with Crippen LogP contribution in [0.5, 0.6) is 17.2 Å². The van der Waals surface area contributed by atoms with E-state index in [1.807, 2.05) is 6.07 Å². The molecule has 0 aromatic heterocycles. The predicted octanol–water partition coefficient (Wildman–Crippen LogP) is 5.59. The van der Waals surface area contributed by atoms with Crippen LogP contribution in [-0.4, -0.2) is 12.4 Å². The third kappa shape index (κ3) is 3.20. The van der Waals surface area contributed by atoms with Crippen molar-refractivity contribution in [2.24, 2.45) is 0 Å². The molecular formula is C22H26O3. The maximum absolute atomic E-state index is 6.43. The van der Waals surface area contributed by atoms with Crippen LogP contribution < -0.4 is 14.2 Å². The van der Waals surface area contributed by atoms with Crippen molar-refractivity contribution in [3.8, 4) is 17.2 Å². The molecule has 1 aromatic carbocycles. The molecule has 0 unspecified atom stereocenters. The summed E-state index contributed by atoms with van der Waals surface area (Å²) in [5.41, 5.74) is 4.86. The first-order valence-corrected chi connectivity index (χ1v) is 9.19. The van der Waals surface area contributed by atoms with Gasteiger partial charge in [-0.1, -0.05) is 29.4 Å². The fraction of sp³-hybridized carbons (Fsp3) is 0.455. The van der Waals surface area contributed by atoms with Gasteiger partial charge in [0.05, 0.1) is 0 Å². The Morgan fingerprint density at radius 3 is 2.72 bits per heavy atom. The Kier molecular flexibility index (Phi) is 4.10. The molecule has 0 N–H and O–H groups in total. The van der Waals surface area contributed by atoms with Gasteiger partial charge in [0.1, 0.15) is 11.4 Å². The average molecular weight is 338 g/mol. The number of hydrogen-bond donors (Lipinski definition) is 0. The zero-order valence-electron chi connectivity index (χ0n) is 15.4. The van der Waals surface area contributed by atoms with E-state index in [1.165, 1.54) is 16.7 Å². The molecule has 4 aliphatic rings. The Bertz CT molecular complexity index is 785. The normalized spacial score (nSPS) is 25.1. The van der Waals surface area contributed by atoms with Crippen LogP contribution in [0.2, 0.25) is 0 Å². The number of fused-ring (bicyclic) bond motifs is 7. The minimum atomic E-state index is -0.274. The molecule has 0 saturated carbocycles. The van der Waals surface area contributed by atoms with Crippen molar-refractivity contribution in [2.75, 3.05) is 6.79 Å². The Balaban J connectivity index is 1.81. The molecule has 3 heteroatoms. The van der Waals surface area contributed by atoms with E-state index < -0.39 is 0 Å². The lowest BCUT2D eigenvalue weighted by Gasteiger charge is -2.32. The highest BCUT2D eigenvalue weighted by Crippen LogP contribution is 2.47. The first-order chi connectivity index (χ1) is 12.0. The Labute approximate surface area is 150 Å². The van der Waals surface area contributed by atoms with Gasteiger partial charge in [0, 0.05) is 17.2 Å². The second-order valence-electron chi connectivity index (χ2n) is 7.60. The zero-order chi connectivity index (χ0) is 17.4. The molecule has 0 amide bonds. The van der Waals surface area contributed by atoms with Crippen LogP contribution in [0.3, 0.4) is 0 Å². The SMILES string of the molecule is CC1=CCC[C@@]2(C)C=Cc3c(cc4c(c3CC(C)=CCC1)OCO4)O2. The van der Waals surface area contributed by atoms with Crippen molar-refractivity contribution in [2.45, 2.75) is 58.5 Å². The highest BCUT2D eigenvalue weighted by molar-refractivity contribution is 5.72. The van der Waals surface area contributed by atoms with Gasteiger partial charge in [0.15, 0.2) is 11.5 Å². The molecule has 5 rings (SSSR count). The third-order valence-corrected chi connectivity index (χ3v) is 5.33. The molecule has 0 fully saturated rings. The van der Waals surface area contributed by atoms with Crippen molar-refractivity contribution in [3.63, 3.8) is 0 Å². The van der Waals surface area contributed by atoms with Crippen molar-refractivity contribution < 1.29 is 14.2 Å². The van der Waals surface area contributed by atoms with Gasteiger partial charge in [-0.15, -0.1) is 0 Å². The average Bonchev–Trinajstić information content (AvgIpc) is 3.01. The summed E-state index contributed by atoms with van der Waals surface area (Å²) in [5.74, 6) is 2.60. The van der Waals surface area contributed by atoms with E-state index >= 15 is 0 Å². The van der Waals surface area contributed by atoms with Gasteiger partial charge in [-0.05, 0) is 59.0 Å². The summed E-state index contributed by atoms with van der Waals surface area (Å²) in [7, 11) is 0. The monoisotopic (exact) mass is 338 g/mol. The van der Waals surface area contributed by atoms with E-state index in [1.54, 1.807) is 0 Å². The molecule has 0 saturated heterocycles. The lowest BCUT2D eigenvalue weighted by molar-refractivity contribution is 0.128. The van der Waals surface area contributed by atoms with Gasteiger partial charge < -0.3 is 14.2 Å². The van der Waals surface area contributed by atoms with Crippen LogP contribution in [-0.2, 0) is 6.42 Å². The standard InChI is InChI=1S/C22H26O3/c1-15-6-4-7-16(2)12-18-17-9-11-22(3,10-5-8-15)25-19(17)13-20-21(18)24-14-23-20/h7-9,11,13H,4-6,10,12,14H2,1-3H3/t22-/m0/s1. The van der Waals surface area contributed by atoms with Crippen LogP contribution >= 0.6 is 0 Å². The molecule has 1 aliphatic carbocycles. The molecule has 3 heterocycles. The van der Waals surface area contributed by atoms with Crippen molar-refractivity contribution >= 4 is 6.08 Å². The molecule has 0 radical (unpaired) electrons. The molecule has 3 nitrogen and oxygen atoms in total. The van der Waals surface area contributed by atoms with E-state index in [4.69, 9.17) is 14.2 Å². The number of hydrogen-bond acceptors (Lipinski definition) is 3. The van der Waals surface area contributed by atoms with Crippen LogP contribution in [0.1, 0.15) is 57.6 Å². The first kappa shape index (κ1) is 16.3. The highest BCUT2D eigenvalue weighted by atomic mass is 16.7. The van der Waals surface area contributed by atoms with E-state index in [0.717, 1.165) is 54.9 Å².